The van der Waals surface area contributed by atoms with Gasteiger partial charge < -0.3 is 5.32 Å². The summed E-state index contributed by atoms with van der Waals surface area (Å²) in [6.07, 6.45) is -3.37. The normalized spacial score (nSPS) is 12.7. The Bertz CT molecular complexity index is 1420. The molecule has 0 radical (unpaired) electrons. The third-order valence-corrected chi connectivity index (χ3v) is 6.36. The van der Waals surface area contributed by atoms with Crippen molar-refractivity contribution in [3.8, 4) is 11.1 Å². The molecule has 0 saturated carbocycles. The fourth-order valence-corrected chi connectivity index (χ4v) is 4.64. The highest BCUT2D eigenvalue weighted by Crippen LogP contribution is 2.35. The minimum atomic E-state index is -4.62. The second-order valence-corrected chi connectivity index (χ2v) is 8.67. The van der Waals surface area contributed by atoms with Crippen molar-refractivity contribution >= 4 is 33.1 Å². The van der Waals surface area contributed by atoms with Gasteiger partial charge in [0.05, 0.1) is 23.0 Å². The number of alkyl halides is 3. The molecule has 4 aromatic rings. The molecule has 0 aliphatic rings. The van der Waals surface area contributed by atoms with Crippen LogP contribution in [0, 0.1) is 13.8 Å². The second kappa shape index (κ2) is 8.47. The van der Waals surface area contributed by atoms with E-state index >= 15 is 0 Å². The van der Waals surface area contributed by atoms with Crippen molar-refractivity contribution in [3.63, 3.8) is 0 Å². The lowest BCUT2D eigenvalue weighted by Gasteiger charge is -2.18. The number of rotatable bonds is 4. The van der Waals surface area contributed by atoms with Crippen LogP contribution in [0.3, 0.4) is 0 Å². The molecule has 0 saturated heterocycles. The lowest BCUT2D eigenvalue weighted by atomic mass is 9.99. The van der Waals surface area contributed by atoms with Gasteiger partial charge in [0.1, 0.15) is 10.9 Å². The Kier molecular flexibility index (Phi) is 5.84. The van der Waals surface area contributed by atoms with Gasteiger partial charge in [0.25, 0.3) is 5.56 Å². The highest BCUT2D eigenvalue weighted by atomic mass is 32.1. The number of carbonyl (C=O) groups is 1. The van der Waals surface area contributed by atoms with E-state index in [0.717, 1.165) is 32.9 Å². The summed E-state index contributed by atoms with van der Waals surface area (Å²) in [5.41, 5.74) is 1.95. The Labute approximate surface area is 191 Å². The molecule has 5 nitrogen and oxygen atoms in total. The van der Waals surface area contributed by atoms with E-state index in [9.17, 15) is 22.8 Å². The number of thiophene rings is 1. The van der Waals surface area contributed by atoms with Crippen LogP contribution in [0.4, 0.5) is 18.9 Å². The van der Waals surface area contributed by atoms with E-state index in [1.165, 1.54) is 42.8 Å². The summed E-state index contributed by atoms with van der Waals surface area (Å²) in [5, 5.41) is 4.53. The molecule has 2 aromatic carbocycles. The van der Waals surface area contributed by atoms with Crippen molar-refractivity contribution in [2.45, 2.75) is 33.0 Å². The molecule has 2 heterocycles. The predicted molar refractivity (Wildman–Crippen MR) is 124 cm³/mol. The standard InChI is InChI=1S/C24H20F3N3O2S/c1-13-8-9-16(14(2)10-13)17-11-33-22-20(17)23(32)30(12-28-22)15(3)21(31)29-19-7-5-4-6-18(19)24(25,26)27/h4-12,15H,1-3H3,(H,29,31). The zero-order valence-electron chi connectivity index (χ0n) is 18.0. The number of anilines is 1. The van der Waals surface area contributed by atoms with Crippen LogP contribution in [-0.4, -0.2) is 15.5 Å². The highest BCUT2D eigenvalue weighted by molar-refractivity contribution is 7.17. The van der Waals surface area contributed by atoms with Gasteiger partial charge in [-0.3, -0.25) is 14.2 Å². The van der Waals surface area contributed by atoms with Crippen LogP contribution >= 0.6 is 11.3 Å². The van der Waals surface area contributed by atoms with Gasteiger partial charge >= 0.3 is 6.18 Å². The summed E-state index contributed by atoms with van der Waals surface area (Å²) in [7, 11) is 0. The Morgan fingerprint density at radius 3 is 2.55 bits per heavy atom. The van der Waals surface area contributed by atoms with Crippen LogP contribution in [-0.2, 0) is 11.0 Å². The molecule has 33 heavy (non-hydrogen) atoms. The predicted octanol–water partition coefficient (Wildman–Crippen LogP) is 5.96. The lowest BCUT2D eigenvalue weighted by Crippen LogP contribution is -2.32. The SMILES string of the molecule is Cc1ccc(-c2csc3ncn(C(C)C(=O)Nc4ccccc4C(F)(F)F)c(=O)c23)c(C)c1. The molecule has 9 heteroatoms. The van der Waals surface area contributed by atoms with Crippen LogP contribution in [0.15, 0.2) is 59.0 Å². The van der Waals surface area contributed by atoms with Crippen LogP contribution in [0.5, 0.6) is 0 Å². The first kappa shape index (κ1) is 22.7. The average Bonchev–Trinajstić information content (AvgIpc) is 3.18. The summed E-state index contributed by atoms with van der Waals surface area (Å²) in [5.74, 6) is -0.752. The Morgan fingerprint density at radius 1 is 1.12 bits per heavy atom. The van der Waals surface area contributed by atoms with Gasteiger partial charge in [0, 0.05) is 10.9 Å². The molecule has 2 aromatic heterocycles. The number of para-hydroxylation sites is 1. The van der Waals surface area contributed by atoms with Gasteiger partial charge in [-0.2, -0.15) is 13.2 Å². The van der Waals surface area contributed by atoms with Gasteiger partial charge in [-0.15, -0.1) is 11.3 Å². The molecule has 1 amide bonds. The largest absolute Gasteiger partial charge is 0.418 e. The summed E-state index contributed by atoms with van der Waals surface area (Å²) in [6.45, 7) is 5.38. The molecule has 1 atom stereocenters. The molecule has 0 aliphatic carbocycles. The number of nitrogens with one attached hydrogen (secondary N) is 1. The number of carbonyl (C=O) groups excluding carboxylic acids is 1. The van der Waals surface area contributed by atoms with Gasteiger partial charge in [-0.25, -0.2) is 4.98 Å². The molecule has 0 spiro atoms. The Morgan fingerprint density at radius 2 is 1.85 bits per heavy atom. The van der Waals surface area contributed by atoms with Gasteiger partial charge in [-0.05, 0) is 44.0 Å². The first-order valence-corrected chi connectivity index (χ1v) is 11.0. The first-order chi connectivity index (χ1) is 15.6. The zero-order chi connectivity index (χ0) is 23.9. The fourth-order valence-electron chi connectivity index (χ4n) is 3.74. The highest BCUT2D eigenvalue weighted by Gasteiger charge is 2.34. The maximum absolute atomic E-state index is 13.4. The topological polar surface area (TPSA) is 64.0 Å². The summed E-state index contributed by atoms with van der Waals surface area (Å²) in [4.78, 5) is 31.0. The van der Waals surface area contributed by atoms with Crippen LogP contribution in [0.25, 0.3) is 21.3 Å². The molecule has 0 bridgehead atoms. The maximum atomic E-state index is 13.4. The van der Waals surface area contributed by atoms with Crippen molar-refractivity contribution in [1.29, 1.82) is 0 Å². The number of hydrogen-bond acceptors (Lipinski definition) is 4. The van der Waals surface area contributed by atoms with Crippen molar-refractivity contribution in [2.75, 3.05) is 5.32 Å². The van der Waals surface area contributed by atoms with Crippen LogP contribution in [0.2, 0.25) is 0 Å². The molecule has 0 fully saturated rings. The minimum Gasteiger partial charge on any atom is -0.324 e. The Hall–Kier alpha value is -3.46. The average molecular weight is 472 g/mol. The van der Waals surface area contributed by atoms with E-state index in [0.29, 0.717) is 10.2 Å². The molecule has 1 N–H and O–H groups in total. The van der Waals surface area contributed by atoms with E-state index in [4.69, 9.17) is 0 Å². The number of aryl methyl sites for hydroxylation is 2. The lowest BCUT2D eigenvalue weighted by molar-refractivity contribution is -0.137. The summed E-state index contributed by atoms with van der Waals surface area (Å²) in [6, 6.07) is 9.54. The number of nitrogens with zero attached hydrogens (tertiary/aromatic N) is 2. The molecular weight excluding hydrogens is 451 g/mol. The van der Waals surface area contributed by atoms with Gasteiger partial charge in [-0.1, -0.05) is 35.9 Å². The number of fused-ring (bicyclic) bond motifs is 1. The number of hydrogen-bond donors (Lipinski definition) is 1. The van der Waals surface area contributed by atoms with E-state index in [1.54, 1.807) is 0 Å². The number of benzene rings is 2. The monoisotopic (exact) mass is 471 g/mol. The van der Waals surface area contributed by atoms with E-state index in [-0.39, 0.29) is 5.69 Å². The van der Waals surface area contributed by atoms with E-state index < -0.39 is 29.2 Å². The van der Waals surface area contributed by atoms with E-state index in [1.807, 2.05) is 37.4 Å². The van der Waals surface area contributed by atoms with Gasteiger partial charge in [0.15, 0.2) is 0 Å². The maximum Gasteiger partial charge on any atom is 0.418 e. The second-order valence-electron chi connectivity index (χ2n) is 7.81. The van der Waals surface area contributed by atoms with Crippen LogP contribution in [0.1, 0.15) is 29.7 Å². The quantitative estimate of drug-likeness (QED) is 0.399. The van der Waals surface area contributed by atoms with Crippen molar-refractivity contribution in [2.24, 2.45) is 0 Å². The molecule has 170 valence electrons. The number of halogens is 3. The summed E-state index contributed by atoms with van der Waals surface area (Å²) >= 11 is 1.32. The zero-order valence-corrected chi connectivity index (χ0v) is 18.8. The van der Waals surface area contributed by atoms with Crippen LogP contribution < -0.4 is 10.9 Å². The first-order valence-electron chi connectivity index (χ1n) is 10.1. The molecular formula is C24H20F3N3O2S. The van der Waals surface area contributed by atoms with Crippen molar-refractivity contribution < 1.29 is 18.0 Å². The third kappa shape index (κ3) is 4.28. The van der Waals surface area contributed by atoms with Crippen molar-refractivity contribution in [1.82, 2.24) is 9.55 Å². The Balaban J connectivity index is 1.73. The van der Waals surface area contributed by atoms with E-state index in [2.05, 4.69) is 10.3 Å². The molecule has 0 aliphatic heterocycles. The molecule has 4 rings (SSSR count). The van der Waals surface area contributed by atoms with Gasteiger partial charge in [0.2, 0.25) is 5.91 Å². The minimum absolute atomic E-state index is 0.365. The molecule has 1 unspecified atom stereocenters. The smallest absolute Gasteiger partial charge is 0.324 e. The number of amides is 1. The summed E-state index contributed by atoms with van der Waals surface area (Å²) < 4.78 is 41.0. The van der Waals surface area contributed by atoms with Crippen molar-refractivity contribution in [3.05, 3.63) is 81.2 Å². The number of aromatic nitrogens is 2. The third-order valence-electron chi connectivity index (χ3n) is 5.48. The fraction of sp³-hybridized carbons (Fsp3) is 0.208.